The molecule has 1 aromatic carbocycles. The maximum Gasteiger partial charge on any atom is 0.119 e. The second-order valence-corrected chi connectivity index (χ2v) is 6.25. The number of ether oxygens (including phenoxy) is 1. The van der Waals surface area contributed by atoms with Crippen molar-refractivity contribution in [2.45, 2.75) is 52.0 Å². The van der Waals surface area contributed by atoms with E-state index in [1.807, 2.05) is 12.1 Å². The number of nitrogens with one attached hydrogen (secondary N) is 1. The molecule has 0 saturated heterocycles. The summed E-state index contributed by atoms with van der Waals surface area (Å²) in [6.07, 6.45) is 1.81. The lowest BCUT2D eigenvalue weighted by Crippen LogP contribution is -2.36. The first-order chi connectivity index (χ1) is 9.47. The van der Waals surface area contributed by atoms with E-state index in [-0.39, 0.29) is 18.1 Å². The highest BCUT2D eigenvalue weighted by atomic mass is 16.5. The van der Waals surface area contributed by atoms with Crippen LogP contribution in [0, 0.1) is 0 Å². The fraction of sp³-hybridized carbons (Fsp3) is 0.647. The molecule has 0 bridgehead atoms. The molecule has 0 aliphatic heterocycles. The Morgan fingerprint density at radius 3 is 2.65 bits per heavy atom. The van der Waals surface area contributed by atoms with Crippen LogP contribution in [0.5, 0.6) is 5.75 Å². The highest BCUT2D eigenvalue weighted by Gasteiger charge is 2.14. The Kier molecular flexibility index (Phi) is 7.03. The molecule has 0 saturated carbocycles. The number of benzene rings is 1. The van der Waals surface area contributed by atoms with Crippen molar-refractivity contribution < 1.29 is 9.84 Å². The molecule has 0 spiro atoms. The molecular formula is C17H29NO2. The van der Waals surface area contributed by atoms with Gasteiger partial charge in [-0.15, -0.1) is 0 Å². The lowest BCUT2D eigenvalue weighted by atomic mass is 9.87. The summed E-state index contributed by atoms with van der Waals surface area (Å²) in [6, 6.07) is 8.48. The average molecular weight is 279 g/mol. The summed E-state index contributed by atoms with van der Waals surface area (Å²) >= 11 is 0. The molecule has 0 heterocycles. The summed E-state index contributed by atoms with van der Waals surface area (Å²) < 4.78 is 5.88. The second-order valence-electron chi connectivity index (χ2n) is 6.25. The van der Waals surface area contributed by atoms with Gasteiger partial charge >= 0.3 is 0 Å². The zero-order chi connectivity index (χ0) is 15.0. The van der Waals surface area contributed by atoms with Gasteiger partial charge in [-0.05, 0) is 42.5 Å². The second kappa shape index (κ2) is 8.28. The van der Waals surface area contributed by atoms with Crippen LogP contribution in [0.2, 0.25) is 0 Å². The molecular weight excluding hydrogens is 250 g/mol. The molecule has 0 amide bonds. The Morgan fingerprint density at radius 2 is 2.05 bits per heavy atom. The Hall–Kier alpha value is -1.06. The highest BCUT2D eigenvalue weighted by molar-refractivity contribution is 5.32. The predicted octanol–water partition coefficient (Wildman–Crippen LogP) is 3.11. The summed E-state index contributed by atoms with van der Waals surface area (Å²) in [6.45, 7) is 10.5. The van der Waals surface area contributed by atoms with Crippen molar-refractivity contribution in [3.63, 3.8) is 0 Å². The van der Waals surface area contributed by atoms with E-state index in [1.54, 1.807) is 0 Å². The van der Waals surface area contributed by atoms with Crippen LogP contribution in [0.3, 0.4) is 0 Å². The smallest absolute Gasteiger partial charge is 0.119 e. The van der Waals surface area contributed by atoms with Crippen LogP contribution in [0.15, 0.2) is 24.3 Å². The van der Waals surface area contributed by atoms with Gasteiger partial charge in [-0.1, -0.05) is 39.8 Å². The van der Waals surface area contributed by atoms with Crippen LogP contribution >= 0.6 is 0 Å². The molecule has 0 aromatic heterocycles. The predicted molar refractivity (Wildman–Crippen MR) is 84.4 cm³/mol. The average Bonchev–Trinajstić information content (AvgIpc) is 2.41. The molecule has 0 radical (unpaired) electrons. The normalized spacial score (nSPS) is 13.2. The largest absolute Gasteiger partial charge is 0.492 e. The van der Waals surface area contributed by atoms with Crippen LogP contribution < -0.4 is 10.1 Å². The van der Waals surface area contributed by atoms with Crippen molar-refractivity contribution in [2.24, 2.45) is 0 Å². The highest BCUT2D eigenvalue weighted by Crippen LogP contribution is 2.25. The summed E-state index contributed by atoms with van der Waals surface area (Å²) in [5.41, 5.74) is 1.40. The third kappa shape index (κ3) is 5.93. The van der Waals surface area contributed by atoms with Gasteiger partial charge in [0.15, 0.2) is 0 Å². The topological polar surface area (TPSA) is 41.5 Å². The van der Waals surface area contributed by atoms with Gasteiger partial charge in [0.25, 0.3) is 0 Å². The fourth-order valence-corrected chi connectivity index (χ4v) is 2.00. The van der Waals surface area contributed by atoms with Crippen molar-refractivity contribution >= 4 is 0 Å². The SMILES string of the molecule is CCCNC(CCO)COc1cccc(C(C)(C)C)c1. The van der Waals surface area contributed by atoms with Crippen LogP contribution in [-0.4, -0.2) is 30.9 Å². The first-order valence-corrected chi connectivity index (χ1v) is 7.55. The zero-order valence-electron chi connectivity index (χ0n) is 13.3. The summed E-state index contributed by atoms with van der Waals surface area (Å²) in [5, 5.41) is 12.5. The van der Waals surface area contributed by atoms with Crippen molar-refractivity contribution in [1.29, 1.82) is 0 Å². The van der Waals surface area contributed by atoms with Crippen molar-refractivity contribution in [3.8, 4) is 5.75 Å². The quantitative estimate of drug-likeness (QED) is 0.768. The van der Waals surface area contributed by atoms with E-state index < -0.39 is 0 Å². The molecule has 1 aromatic rings. The van der Waals surface area contributed by atoms with Gasteiger partial charge in [0.2, 0.25) is 0 Å². The molecule has 0 aliphatic rings. The summed E-state index contributed by atoms with van der Waals surface area (Å²) in [4.78, 5) is 0. The van der Waals surface area contributed by atoms with Gasteiger partial charge in [-0.25, -0.2) is 0 Å². The number of hydrogen-bond acceptors (Lipinski definition) is 3. The third-order valence-electron chi connectivity index (χ3n) is 3.31. The maximum absolute atomic E-state index is 9.09. The molecule has 1 atom stereocenters. The molecule has 0 fully saturated rings. The van der Waals surface area contributed by atoms with E-state index >= 15 is 0 Å². The van der Waals surface area contributed by atoms with Gasteiger partial charge in [0.05, 0.1) is 0 Å². The van der Waals surface area contributed by atoms with E-state index in [2.05, 4.69) is 45.1 Å². The Bertz CT molecular complexity index is 385. The van der Waals surface area contributed by atoms with Gasteiger partial charge in [0, 0.05) is 12.6 Å². The standard InChI is InChI=1S/C17H29NO2/c1-5-10-18-15(9-11-19)13-20-16-8-6-7-14(12-16)17(2,3)4/h6-8,12,15,18-19H,5,9-11,13H2,1-4H3. The van der Waals surface area contributed by atoms with Crippen LogP contribution in [0.25, 0.3) is 0 Å². The Morgan fingerprint density at radius 1 is 1.30 bits per heavy atom. The van der Waals surface area contributed by atoms with Gasteiger partial charge < -0.3 is 15.2 Å². The van der Waals surface area contributed by atoms with Crippen molar-refractivity contribution in [3.05, 3.63) is 29.8 Å². The number of rotatable bonds is 8. The molecule has 20 heavy (non-hydrogen) atoms. The summed E-state index contributed by atoms with van der Waals surface area (Å²) in [7, 11) is 0. The van der Waals surface area contributed by atoms with Crippen molar-refractivity contribution in [1.82, 2.24) is 5.32 Å². The van der Waals surface area contributed by atoms with Gasteiger partial charge in [-0.3, -0.25) is 0 Å². The molecule has 3 nitrogen and oxygen atoms in total. The Labute approximate surface area is 123 Å². The van der Waals surface area contributed by atoms with Crippen LogP contribution in [-0.2, 0) is 5.41 Å². The van der Waals surface area contributed by atoms with E-state index in [0.717, 1.165) is 25.1 Å². The maximum atomic E-state index is 9.09. The Balaban J connectivity index is 2.58. The monoisotopic (exact) mass is 279 g/mol. The molecule has 1 rings (SSSR count). The van der Waals surface area contributed by atoms with E-state index in [1.165, 1.54) is 5.56 Å². The first-order valence-electron chi connectivity index (χ1n) is 7.55. The number of hydrogen-bond donors (Lipinski definition) is 2. The number of aliphatic hydroxyl groups is 1. The van der Waals surface area contributed by atoms with Crippen LogP contribution in [0.4, 0.5) is 0 Å². The number of aliphatic hydroxyl groups excluding tert-OH is 1. The van der Waals surface area contributed by atoms with Crippen LogP contribution in [0.1, 0.15) is 46.1 Å². The zero-order valence-corrected chi connectivity index (χ0v) is 13.3. The van der Waals surface area contributed by atoms with Gasteiger partial charge in [-0.2, -0.15) is 0 Å². The minimum atomic E-state index is 0.129. The fourth-order valence-electron chi connectivity index (χ4n) is 2.00. The molecule has 1 unspecified atom stereocenters. The van der Waals surface area contributed by atoms with E-state index in [9.17, 15) is 0 Å². The van der Waals surface area contributed by atoms with E-state index in [0.29, 0.717) is 6.61 Å². The lowest BCUT2D eigenvalue weighted by Gasteiger charge is -2.21. The molecule has 3 heteroatoms. The minimum absolute atomic E-state index is 0.129. The lowest BCUT2D eigenvalue weighted by molar-refractivity contribution is 0.213. The molecule has 114 valence electrons. The first kappa shape index (κ1) is 17.0. The molecule has 0 aliphatic carbocycles. The minimum Gasteiger partial charge on any atom is -0.492 e. The molecule has 2 N–H and O–H groups in total. The third-order valence-corrected chi connectivity index (χ3v) is 3.31. The van der Waals surface area contributed by atoms with E-state index in [4.69, 9.17) is 9.84 Å². The summed E-state index contributed by atoms with van der Waals surface area (Å²) in [5.74, 6) is 0.902. The van der Waals surface area contributed by atoms with Crippen molar-refractivity contribution in [2.75, 3.05) is 19.8 Å². The van der Waals surface area contributed by atoms with Gasteiger partial charge in [0.1, 0.15) is 12.4 Å².